The Morgan fingerprint density at radius 1 is 1.14 bits per heavy atom. The van der Waals surface area contributed by atoms with E-state index in [1.54, 1.807) is 6.07 Å². The fraction of sp³-hybridized carbons (Fsp3) is 0.696. The van der Waals surface area contributed by atoms with Crippen LogP contribution in [0, 0.1) is 5.92 Å². The smallest absolute Gasteiger partial charge is 0.194 e. The number of benzene rings is 1. The Hall–Kier alpha value is -1.95. The molecule has 0 aliphatic carbocycles. The van der Waals surface area contributed by atoms with Crippen LogP contribution in [0.15, 0.2) is 29.3 Å². The number of aromatic hydroxyl groups is 1. The van der Waals surface area contributed by atoms with Crippen molar-refractivity contribution >= 4 is 11.6 Å². The third-order valence-corrected chi connectivity index (χ3v) is 6.02. The van der Waals surface area contributed by atoms with Gasteiger partial charge in [0.1, 0.15) is 5.75 Å². The normalized spacial score (nSPS) is 21.4. The number of para-hydroxylation sites is 2. The number of hydrogen-bond acceptors (Lipinski definition) is 4. The number of piperazine rings is 1. The van der Waals surface area contributed by atoms with Gasteiger partial charge in [-0.25, -0.2) is 0 Å². The van der Waals surface area contributed by atoms with Gasteiger partial charge in [-0.15, -0.1) is 0 Å². The van der Waals surface area contributed by atoms with Crippen LogP contribution in [0.25, 0.3) is 0 Å². The minimum atomic E-state index is 0.365. The van der Waals surface area contributed by atoms with Crippen LogP contribution >= 0.6 is 0 Å². The molecular weight excluding hydrogens is 362 g/mol. The molecule has 2 aliphatic heterocycles. The zero-order valence-electron chi connectivity index (χ0n) is 18.3. The number of piperidine rings is 1. The Kier molecular flexibility index (Phi) is 8.47. The maximum atomic E-state index is 10.1. The van der Waals surface area contributed by atoms with Crippen molar-refractivity contribution in [2.24, 2.45) is 10.9 Å². The van der Waals surface area contributed by atoms with Crippen molar-refractivity contribution in [3.63, 3.8) is 0 Å². The van der Waals surface area contributed by atoms with Crippen LogP contribution in [-0.2, 0) is 0 Å². The monoisotopic (exact) mass is 401 g/mol. The number of phenols is 1. The molecule has 0 radical (unpaired) electrons. The summed E-state index contributed by atoms with van der Waals surface area (Å²) >= 11 is 0. The van der Waals surface area contributed by atoms with E-state index in [2.05, 4.69) is 33.9 Å². The van der Waals surface area contributed by atoms with Crippen molar-refractivity contribution in [3.8, 4) is 5.75 Å². The number of rotatable bonds is 7. The first-order chi connectivity index (χ1) is 14.2. The molecule has 29 heavy (non-hydrogen) atoms. The van der Waals surface area contributed by atoms with Gasteiger partial charge in [-0.1, -0.05) is 19.1 Å². The van der Waals surface area contributed by atoms with E-state index in [0.717, 1.165) is 63.3 Å². The van der Waals surface area contributed by atoms with Crippen LogP contribution in [0.4, 0.5) is 5.69 Å². The summed E-state index contributed by atoms with van der Waals surface area (Å²) < 4.78 is 0. The van der Waals surface area contributed by atoms with Gasteiger partial charge in [-0.3, -0.25) is 4.99 Å². The highest BCUT2D eigenvalue weighted by molar-refractivity contribution is 5.80. The first-order valence-corrected chi connectivity index (χ1v) is 11.5. The number of unbranched alkanes of at least 4 members (excludes halogenated alkanes) is 1. The predicted molar refractivity (Wildman–Crippen MR) is 122 cm³/mol. The highest BCUT2D eigenvalue weighted by Crippen LogP contribution is 2.27. The summed E-state index contributed by atoms with van der Waals surface area (Å²) in [6.45, 7) is 13.7. The third kappa shape index (κ3) is 6.53. The van der Waals surface area contributed by atoms with E-state index in [9.17, 15) is 5.11 Å². The lowest BCUT2D eigenvalue weighted by Gasteiger charge is -2.37. The van der Waals surface area contributed by atoms with Crippen LogP contribution in [0.3, 0.4) is 0 Å². The molecule has 0 bridgehead atoms. The van der Waals surface area contributed by atoms with E-state index in [0.29, 0.717) is 5.75 Å². The van der Waals surface area contributed by atoms with Crippen molar-refractivity contribution in [3.05, 3.63) is 24.3 Å². The Bertz CT molecular complexity index is 642. The molecule has 1 unspecified atom stereocenters. The number of guanidine groups is 1. The van der Waals surface area contributed by atoms with Crippen LogP contribution < -0.4 is 10.2 Å². The van der Waals surface area contributed by atoms with Gasteiger partial charge < -0.3 is 25.1 Å². The number of phenolic OH excluding ortho intramolecular Hbond substituents is 1. The molecule has 6 nitrogen and oxygen atoms in total. The van der Waals surface area contributed by atoms with Crippen molar-refractivity contribution in [1.29, 1.82) is 0 Å². The van der Waals surface area contributed by atoms with E-state index in [4.69, 9.17) is 4.99 Å². The van der Waals surface area contributed by atoms with E-state index in [1.807, 2.05) is 18.2 Å². The lowest BCUT2D eigenvalue weighted by atomic mass is 10.0. The lowest BCUT2D eigenvalue weighted by Crippen LogP contribution is -2.52. The minimum Gasteiger partial charge on any atom is -0.506 e. The molecule has 2 fully saturated rings. The Morgan fingerprint density at radius 3 is 2.66 bits per heavy atom. The van der Waals surface area contributed by atoms with Gasteiger partial charge >= 0.3 is 0 Å². The van der Waals surface area contributed by atoms with Crippen LogP contribution in [0.1, 0.15) is 39.5 Å². The SMILES string of the molecule is CCNC(=NCCCCN1CCCC(C)C1)N1CCN(c2ccccc2O)CC1. The summed E-state index contributed by atoms with van der Waals surface area (Å²) in [5, 5.41) is 13.6. The van der Waals surface area contributed by atoms with Crippen molar-refractivity contribution in [2.75, 3.05) is 63.8 Å². The number of aliphatic imine (C=N–C) groups is 1. The summed E-state index contributed by atoms with van der Waals surface area (Å²) in [5.74, 6) is 2.26. The quantitative estimate of drug-likeness (QED) is 0.418. The van der Waals surface area contributed by atoms with Crippen molar-refractivity contribution in [2.45, 2.75) is 39.5 Å². The van der Waals surface area contributed by atoms with Gasteiger partial charge in [-0.05, 0) is 63.7 Å². The van der Waals surface area contributed by atoms with Crippen LogP contribution in [0.5, 0.6) is 5.75 Å². The van der Waals surface area contributed by atoms with E-state index >= 15 is 0 Å². The van der Waals surface area contributed by atoms with E-state index < -0.39 is 0 Å². The molecule has 1 aromatic rings. The minimum absolute atomic E-state index is 0.365. The highest BCUT2D eigenvalue weighted by atomic mass is 16.3. The summed E-state index contributed by atoms with van der Waals surface area (Å²) in [6, 6.07) is 7.61. The summed E-state index contributed by atoms with van der Waals surface area (Å²) in [6.07, 6.45) is 5.13. The molecule has 0 spiro atoms. The number of nitrogens with one attached hydrogen (secondary N) is 1. The zero-order chi connectivity index (χ0) is 20.5. The summed E-state index contributed by atoms with van der Waals surface area (Å²) in [4.78, 5) is 12.1. The Morgan fingerprint density at radius 2 is 1.93 bits per heavy atom. The van der Waals surface area contributed by atoms with Crippen LogP contribution in [0.2, 0.25) is 0 Å². The molecule has 3 rings (SSSR count). The standard InChI is InChI=1S/C23H39N5O/c1-3-24-23(25-12-6-7-13-26-14-8-9-20(2)19-26)28-17-15-27(16-18-28)21-10-4-5-11-22(21)29/h4-5,10-11,20,29H,3,6-9,12-19H2,1-2H3,(H,24,25). The lowest BCUT2D eigenvalue weighted by molar-refractivity contribution is 0.181. The number of hydrogen-bond donors (Lipinski definition) is 2. The molecule has 6 heteroatoms. The fourth-order valence-electron chi connectivity index (χ4n) is 4.44. The second-order valence-corrected chi connectivity index (χ2v) is 8.45. The predicted octanol–water partition coefficient (Wildman–Crippen LogP) is 2.99. The molecule has 2 heterocycles. The maximum Gasteiger partial charge on any atom is 0.194 e. The second kappa shape index (κ2) is 11.3. The molecular formula is C23H39N5O. The van der Waals surface area contributed by atoms with Gasteiger partial charge in [0.25, 0.3) is 0 Å². The summed E-state index contributed by atoms with van der Waals surface area (Å²) in [5.41, 5.74) is 0.932. The van der Waals surface area contributed by atoms with Gasteiger partial charge in [0, 0.05) is 45.8 Å². The molecule has 1 aromatic carbocycles. The third-order valence-electron chi connectivity index (χ3n) is 6.02. The Balaban J connectivity index is 1.42. The summed E-state index contributed by atoms with van der Waals surface area (Å²) in [7, 11) is 0. The first kappa shape index (κ1) is 21.8. The Labute approximate surface area is 176 Å². The molecule has 0 amide bonds. The zero-order valence-corrected chi connectivity index (χ0v) is 18.3. The molecule has 2 N–H and O–H groups in total. The van der Waals surface area contributed by atoms with E-state index in [-0.39, 0.29) is 0 Å². The number of likely N-dealkylation sites (tertiary alicyclic amines) is 1. The molecule has 1 atom stereocenters. The fourth-order valence-corrected chi connectivity index (χ4v) is 4.44. The number of nitrogens with zero attached hydrogens (tertiary/aromatic N) is 4. The van der Waals surface area contributed by atoms with Gasteiger partial charge in [0.15, 0.2) is 5.96 Å². The highest BCUT2D eigenvalue weighted by Gasteiger charge is 2.21. The molecule has 162 valence electrons. The van der Waals surface area contributed by atoms with Gasteiger partial charge in [0.05, 0.1) is 5.69 Å². The number of anilines is 1. The molecule has 0 saturated carbocycles. The van der Waals surface area contributed by atoms with Crippen molar-refractivity contribution in [1.82, 2.24) is 15.1 Å². The first-order valence-electron chi connectivity index (χ1n) is 11.5. The molecule has 2 saturated heterocycles. The second-order valence-electron chi connectivity index (χ2n) is 8.45. The van der Waals surface area contributed by atoms with E-state index in [1.165, 1.54) is 38.9 Å². The molecule has 2 aliphatic rings. The average Bonchev–Trinajstić information content (AvgIpc) is 2.73. The molecule has 0 aromatic heterocycles. The topological polar surface area (TPSA) is 54.3 Å². The van der Waals surface area contributed by atoms with Gasteiger partial charge in [0.2, 0.25) is 0 Å². The van der Waals surface area contributed by atoms with Crippen LogP contribution in [-0.4, -0.2) is 79.8 Å². The largest absolute Gasteiger partial charge is 0.506 e. The maximum absolute atomic E-state index is 10.1. The average molecular weight is 402 g/mol. The van der Waals surface area contributed by atoms with Gasteiger partial charge in [-0.2, -0.15) is 0 Å². The van der Waals surface area contributed by atoms with Crippen molar-refractivity contribution < 1.29 is 5.11 Å².